The summed E-state index contributed by atoms with van der Waals surface area (Å²) in [6.07, 6.45) is 1.28. The molecular weight excluding hydrogens is 198 g/mol. The van der Waals surface area contributed by atoms with E-state index >= 15 is 0 Å². The van der Waals surface area contributed by atoms with Gasteiger partial charge in [0.15, 0.2) is 0 Å². The van der Waals surface area contributed by atoms with Crippen LogP contribution in [-0.2, 0) is 0 Å². The Morgan fingerprint density at radius 1 is 1.25 bits per heavy atom. The number of nitrogens with zero attached hydrogens (tertiary/aromatic N) is 2. The van der Waals surface area contributed by atoms with Crippen LogP contribution in [0, 0.1) is 11.8 Å². The lowest BCUT2D eigenvalue weighted by atomic mass is 9.79. The molecule has 0 saturated carbocycles. The van der Waals surface area contributed by atoms with E-state index < -0.39 is 0 Å². The van der Waals surface area contributed by atoms with E-state index in [0.29, 0.717) is 0 Å². The van der Waals surface area contributed by atoms with Crippen molar-refractivity contribution >= 4 is 0 Å². The van der Waals surface area contributed by atoms with Crippen LogP contribution in [0.2, 0.25) is 0 Å². The molecule has 0 aromatic rings. The van der Waals surface area contributed by atoms with Crippen LogP contribution in [0.5, 0.6) is 0 Å². The highest BCUT2D eigenvalue weighted by atomic mass is 15.2. The number of rotatable bonds is 3. The van der Waals surface area contributed by atoms with E-state index in [9.17, 15) is 0 Å². The van der Waals surface area contributed by atoms with Gasteiger partial charge in [-0.3, -0.25) is 4.90 Å². The van der Waals surface area contributed by atoms with Crippen LogP contribution in [0.1, 0.15) is 20.3 Å². The van der Waals surface area contributed by atoms with Crippen LogP contribution >= 0.6 is 0 Å². The van der Waals surface area contributed by atoms with E-state index in [2.05, 4.69) is 43.1 Å². The zero-order valence-corrected chi connectivity index (χ0v) is 11.2. The van der Waals surface area contributed by atoms with Crippen molar-refractivity contribution in [1.29, 1.82) is 0 Å². The maximum absolute atomic E-state index is 3.60. The summed E-state index contributed by atoms with van der Waals surface area (Å²) in [5.74, 6) is 1.63. The van der Waals surface area contributed by atoms with Gasteiger partial charge in [0.05, 0.1) is 0 Å². The average Bonchev–Trinajstić information content (AvgIpc) is 2.25. The summed E-state index contributed by atoms with van der Waals surface area (Å²) in [5, 5.41) is 3.60. The Balaban J connectivity index is 2.05. The molecule has 94 valence electrons. The van der Waals surface area contributed by atoms with Gasteiger partial charge < -0.3 is 10.2 Å². The summed E-state index contributed by atoms with van der Waals surface area (Å²) in [6.45, 7) is 9.64. The highest BCUT2D eigenvalue weighted by Crippen LogP contribution is 2.29. The van der Waals surface area contributed by atoms with Crippen molar-refractivity contribution in [2.75, 3.05) is 40.3 Å². The molecule has 3 unspecified atom stereocenters. The third kappa shape index (κ3) is 2.27. The molecule has 2 fully saturated rings. The standard InChI is InChI=1S/C13H27N3/c1-5-10(2)16-8-11-6-14-7-12(9-16)13(11)15(3)4/h10-14H,5-9H2,1-4H3. The number of hydrogen-bond donors (Lipinski definition) is 1. The molecule has 3 atom stereocenters. The molecule has 2 aliphatic heterocycles. The summed E-state index contributed by atoms with van der Waals surface area (Å²) < 4.78 is 0. The molecule has 0 spiro atoms. The minimum Gasteiger partial charge on any atom is -0.316 e. The van der Waals surface area contributed by atoms with Crippen molar-refractivity contribution in [2.24, 2.45) is 11.8 Å². The first-order valence-corrected chi connectivity index (χ1v) is 6.74. The summed E-state index contributed by atoms with van der Waals surface area (Å²) in [5.41, 5.74) is 0. The smallest absolute Gasteiger partial charge is 0.0194 e. The Labute approximate surface area is 100 Å². The van der Waals surface area contributed by atoms with Crippen molar-refractivity contribution in [3.8, 4) is 0 Å². The molecule has 2 saturated heterocycles. The van der Waals surface area contributed by atoms with Crippen LogP contribution in [0.4, 0.5) is 0 Å². The molecular formula is C13H27N3. The minimum atomic E-state index is 0.756. The molecule has 3 heteroatoms. The van der Waals surface area contributed by atoms with Gasteiger partial charge >= 0.3 is 0 Å². The van der Waals surface area contributed by atoms with E-state index in [1.165, 1.54) is 32.6 Å². The van der Waals surface area contributed by atoms with Crippen molar-refractivity contribution in [3.63, 3.8) is 0 Å². The van der Waals surface area contributed by atoms with E-state index in [0.717, 1.165) is 23.9 Å². The molecule has 0 aromatic carbocycles. The number of hydrogen-bond acceptors (Lipinski definition) is 3. The SMILES string of the molecule is CCC(C)N1CC2CNCC(C1)C2N(C)C. The van der Waals surface area contributed by atoms with Crippen molar-refractivity contribution in [1.82, 2.24) is 15.1 Å². The predicted molar refractivity (Wildman–Crippen MR) is 68.7 cm³/mol. The van der Waals surface area contributed by atoms with Gasteiger partial charge in [-0.05, 0) is 39.3 Å². The molecule has 0 amide bonds. The fourth-order valence-corrected chi connectivity index (χ4v) is 3.56. The third-order valence-electron chi connectivity index (χ3n) is 4.53. The second-order valence-electron chi connectivity index (χ2n) is 5.84. The zero-order valence-electron chi connectivity index (χ0n) is 11.2. The van der Waals surface area contributed by atoms with Gasteiger partial charge in [0, 0.05) is 38.3 Å². The average molecular weight is 225 g/mol. The number of nitrogens with one attached hydrogen (secondary N) is 1. The Hall–Kier alpha value is -0.120. The molecule has 2 aliphatic rings. The van der Waals surface area contributed by atoms with Crippen LogP contribution in [-0.4, -0.2) is 62.2 Å². The number of fused-ring (bicyclic) bond motifs is 2. The van der Waals surface area contributed by atoms with Crippen LogP contribution < -0.4 is 5.32 Å². The Bertz CT molecular complexity index is 215. The third-order valence-corrected chi connectivity index (χ3v) is 4.53. The normalized spacial score (nSPS) is 37.7. The first kappa shape index (κ1) is 12.3. The maximum atomic E-state index is 3.60. The Morgan fingerprint density at radius 3 is 2.25 bits per heavy atom. The maximum Gasteiger partial charge on any atom is 0.0194 e. The lowest BCUT2D eigenvalue weighted by molar-refractivity contribution is -0.00486. The monoisotopic (exact) mass is 225 g/mol. The molecule has 2 rings (SSSR count). The van der Waals surface area contributed by atoms with Gasteiger partial charge in [0.25, 0.3) is 0 Å². The Kier molecular flexibility index (Phi) is 3.88. The van der Waals surface area contributed by atoms with Crippen molar-refractivity contribution < 1.29 is 0 Å². The number of piperidine rings is 2. The zero-order chi connectivity index (χ0) is 11.7. The van der Waals surface area contributed by atoms with E-state index in [1.54, 1.807) is 0 Å². The first-order valence-electron chi connectivity index (χ1n) is 6.74. The lowest BCUT2D eigenvalue weighted by Gasteiger charge is -2.51. The van der Waals surface area contributed by atoms with E-state index in [1.807, 2.05) is 0 Å². The molecule has 3 nitrogen and oxygen atoms in total. The van der Waals surface area contributed by atoms with Crippen molar-refractivity contribution in [3.05, 3.63) is 0 Å². The summed E-state index contributed by atoms with van der Waals surface area (Å²) in [6, 6.07) is 1.55. The summed E-state index contributed by atoms with van der Waals surface area (Å²) in [4.78, 5) is 5.15. The molecule has 0 aromatic heterocycles. The Morgan fingerprint density at radius 2 is 1.81 bits per heavy atom. The fourth-order valence-electron chi connectivity index (χ4n) is 3.56. The largest absolute Gasteiger partial charge is 0.316 e. The quantitative estimate of drug-likeness (QED) is 0.769. The topological polar surface area (TPSA) is 18.5 Å². The second kappa shape index (κ2) is 5.03. The highest BCUT2D eigenvalue weighted by molar-refractivity contribution is 4.97. The molecule has 16 heavy (non-hydrogen) atoms. The molecule has 2 heterocycles. The van der Waals surface area contributed by atoms with Crippen LogP contribution in [0.15, 0.2) is 0 Å². The molecule has 0 radical (unpaired) electrons. The van der Waals surface area contributed by atoms with Gasteiger partial charge in [-0.2, -0.15) is 0 Å². The van der Waals surface area contributed by atoms with E-state index in [4.69, 9.17) is 0 Å². The first-order chi connectivity index (χ1) is 7.63. The van der Waals surface area contributed by atoms with Gasteiger partial charge in [0.2, 0.25) is 0 Å². The van der Waals surface area contributed by atoms with Crippen LogP contribution in [0.25, 0.3) is 0 Å². The minimum absolute atomic E-state index is 0.756. The van der Waals surface area contributed by atoms with Gasteiger partial charge in [-0.1, -0.05) is 6.92 Å². The molecule has 2 bridgehead atoms. The summed E-state index contributed by atoms with van der Waals surface area (Å²) in [7, 11) is 4.49. The molecule has 0 aliphatic carbocycles. The van der Waals surface area contributed by atoms with Crippen LogP contribution in [0.3, 0.4) is 0 Å². The lowest BCUT2D eigenvalue weighted by Crippen LogP contribution is -2.64. The summed E-state index contributed by atoms with van der Waals surface area (Å²) >= 11 is 0. The van der Waals surface area contributed by atoms with E-state index in [-0.39, 0.29) is 0 Å². The highest BCUT2D eigenvalue weighted by Gasteiger charge is 2.41. The fraction of sp³-hybridized carbons (Fsp3) is 1.00. The van der Waals surface area contributed by atoms with Gasteiger partial charge in [-0.15, -0.1) is 0 Å². The van der Waals surface area contributed by atoms with Crippen molar-refractivity contribution in [2.45, 2.75) is 32.4 Å². The predicted octanol–water partition coefficient (Wildman–Crippen LogP) is 0.866. The van der Waals surface area contributed by atoms with Gasteiger partial charge in [0.1, 0.15) is 0 Å². The van der Waals surface area contributed by atoms with Gasteiger partial charge in [-0.25, -0.2) is 0 Å². The number of likely N-dealkylation sites (tertiary alicyclic amines) is 1. The molecule has 1 N–H and O–H groups in total. The second-order valence-corrected chi connectivity index (χ2v) is 5.84.